The van der Waals surface area contributed by atoms with Gasteiger partial charge in [-0.25, -0.2) is 13.1 Å². The second-order valence-corrected chi connectivity index (χ2v) is 7.21. The Balaban J connectivity index is 2.01. The lowest BCUT2D eigenvalue weighted by Gasteiger charge is -2.06. The highest BCUT2D eigenvalue weighted by Gasteiger charge is 2.23. The molecule has 2 heterocycles. The van der Waals surface area contributed by atoms with Crippen LogP contribution >= 0.6 is 11.3 Å². The molecule has 21 heavy (non-hydrogen) atoms. The Labute approximate surface area is 125 Å². The summed E-state index contributed by atoms with van der Waals surface area (Å²) in [7, 11) is -3.66. The third-order valence-electron chi connectivity index (χ3n) is 3.01. The molecule has 3 rings (SSSR count). The zero-order chi connectivity index (χ0) is 14.9. The van der Waals surface area contributed by atoms with Crippen LogP contribution in [0.4, 0.5) is 0 Å². The fraction of sp³-hybridized carbons (Fsp3) is 0.154. The van der Waals surface area contributed by atoms with Crippen molar-refractivity contribution in [3.8, 4) is 0 Å². The number of thiophene rings is 1. The second-order valence-electron chi connectivity index (χ2n) is 4.37. The van der Waals surface area contributed by atoms with Crippen LogP contribution in [0.1, 0.15) is 10.6 Å². The van der Waals surface area contributed by atoms with Gasteiger partial charge >= 0.3 is 0 Å². The van der Waals surface area contributed by atoms with Crippen molar-refractivity contribution >= 4 is 31.4 Å². The Bertz CT molecular complexity index is 854. The van der Waals surface area contributed by atoms with Crippen LogP contribution in [0.3, 0.4) is 0 Å². The first-order chi connectivity index (χ1) is 10.1. The lowest BCUT2D eigenvalue weighted by molar-refractivity contribution is 0.411. The maximum atomic E-state index is 12.6. The zero-order valence-electron chi connectivity index (χ0n) is 10.9. The zero-order valence-corrected chi connectivity index (χ0v) is 12.6. The van der Waals surface area contributed by atoms with Crippen molar-refractivity contribution in [3.05, 3.63) is 47.2 Å². The smallest absolute Gasteiger partial charge is 0.242 e. The number of aromatic nitrogens is 1. The third kappa shape index (κ3) is 2.70. The van der Waals surface area contributed by atoms with Gasteiger partial charge in [0.1, 0.15) is 11.2 Å². The number of nitrogens with two attached hydrogens (primary N) is 1. The topological polar surface area (TPSA) is 98.2 Å². The first kappa shape index (κ1) is 14.2. The van der Waals surface area contributed by atoms with Crippen LogP contribution < -0.4 is 10.5 Å². The van der Waals surface area contributed by atoms with Gasteiger partial charge in [0.2, 0.25) is 10.0 Å². The Morgan fingerprint density at radius 2 is 2.10 bits per heavy atom. The van der Waals surface area contributed by atoms with Crippen molar-refractivity contribution in [1.29, 1.82) is 0 Å². The Morgan fingerprint density at radius 3 is 2.81 bits per heavy atom. The summed E-state index contributed by atoms with van der Waals surface area (Å²) >= 11 is 1.40. The van der Waals surface area contributed by atoms with Gasteiger partial charge in [-0.2, -0.15) is 0 Å². The molecule has 0 bridgehead atoms. The molecule has 2 aromatic heterocycles. The largest absolute Gasteiger partial charge is 0.364 e. The first-order valence-corrected chi connectivity index (χ1v) is 8.51. The molecule has 0 aliphatic rings. The molecule has 0 saturated heterocycles. The van der Waals surface area contributed by atoms with E-state index in [9.17, 15) is 8.42 Å². The number of sulfonamides is 1. The van der Waals surface area contributed by atoms with Crippen LogP contribution in [-0.4, -0.2) is 13.6 Å². The van der Waals surface area contributed by atoms with Crippen molar-refractivity contribution in [1.82, 2.24) is 9.88 Å². The molecule has 110 valence electrons. The minimum atomic E-state index is -3.66. The average Bonchev–Trinajstić information content (AvgIpc) is 3.12. The molecule has 0 unspecified atom stereocenters. The van der Waals surface area contributed by atoms with E-state index in [4.69, 9.17) is 5.73 Å². The van der Waals surface area contributed by atoms with Gasteiger partial charge in [-0.15, -0.1) is 11.3 Å². The van der Waals surface area contributed by atoms with Gasteiger partial charge in [-0.05, 0) is 6.07 Å². The summed E-state index contributed by atoms with van der Waals surface area (Å²) < 4.78 is 33.2. The molecule has 0 aliphatic heterocycles. The number of benzene rings is 1. The van der Waals surface area contributed by atoms with Crippen LogP contribution in [0.15, 0.2) is 46.0 Å². The third-order valence-corrected chi connectivity index (χ3v) is 5.86. The maximum absolute atomic E-state index is 12.6. The molecule has 0 saturated carbocycles. The molecule has 3 N–H and O–H groups in total. The van der Waals surface area contributed by atoms with Gasteiger partial charge in [-0.1, -0.05) is 23.4 Å². The Morgan fingerprint density at radius 1 is 1.29 bits per heavy atom. The van der Waals surface area contributed by atoms with Crippen molar-refractivity contribution in [2.24, 2.45) is 5.73 Å². The molecule has 0 fully saturated rings. The lowest BCUT2D eigenvalue weighted by atomic mass is 10.2. The number of hydrogen-bond donors (Lipinski definition) is 2. The van der Waals surface area contributed by atoms with Gasteiger partial charge in [-0.3, -0.25) is 0 Å². The van der Waals surface area contributed by atoms with Crippen LogP contribution in [0, 0.1) is 0 Å². The van der Waals surface area contributed by atoms with E-state index in [0.717, 1.165) is 4.70 Å². The molecule has 0 radical (unpaired) electrons. The van der Waals surface area contributed by atoms with Crippen LogP contribution in [0.2, 0.25) is 0 Å². The molecule has 8 heteroatoms. The highest BCUT2D eigenvalue weighted by molar-refractivity contribution is 7.90. The van der Waals surface area contributed by atoms with Crippen LogP contribution in [0.25, 0.3) is 10.1 Å². The summed E-state index contributed by atoms with van der Waals surface area (Å²) in [6, 6.07) is 8.97. The lowest BCUT2D eigenvalue weighted by Crippen LogP contribution is -2.24. The average molecular weight is 323 g/mol. The van der Waals surface area contributed by atoms with Gasteiger partial charge < -0.3 is 10.3 Å². The summed E-state index contributed by atoms with van der Waals surface area (Å²) in [5.41, 5.74) is 6.21. The standard InChI is InChI=1S/C13H13N3O3S2/c14-7-12-13(10-3-1-2-4-11(10)20-12)21(17,18)15-8-9-5-6-19-16-9/h1-6,15H,7-8,14H2. The van der Waals surface area contributed by atoms with Gasteiger partial charge in [0.25, 0.3) is 0 Å². The maximum Gasteiger partial charge on any atom is 0.242 e. The van der Waals surface area contributed by atoms with E-state index < -0.39 is 10.0 Å². The minimum Gasteiger partial charge on any atom is -0.364 e. The van der Waals surface area contributed by atoms with Crippen LogP contribution in [-0.2, 0) is 23.1 Å². The Hall–Kier alpha value is -1.74. The molecule has 0 amide bonds. The van der Waals surface area contributed by atoms with E-state index in [2.05, 4.69) is 14.4 Å². The summed E-state index contributed by atoms with van der Waals surface area (Å²) in [4.78, 5) is 0.901. The summed E-state index contributed by atoms with van der Waals surface area (Å²) in [5.74, 6) is 0. The molecule has 6 nitrogen and oxygen atoms in total. The number of nitrogens with one attached hydrogen (secondary N) is 1. The fourth-order valence-electron chi connectivity index (χ4n) is 2.07. The predicted molar refractivity (Wildman–Crippen MR) is 80.2 cm³/mol. The van der Waals surface area contributed by atoms with E-state index in [-0.39, 0.29) is 18.0 Å². The van der Waals surface area contributed by atoms with Crippen molar-refractivity contribution in [2.75, 3.05) is 0 Å². The number of nitrogens with zero attached hydrogens (tertiary/aromatic N) is 1. The normalized spacial score (nSPS) is 12.0. The molecule has 0 atom stereocenters. The molecule has 0 aliphatic carbocycles. The van der Waals surface area contributed by atoms with Crippen molar-refractivity contribution in [3.63, 3.8) is 0 Å². The fourth-order valence-corrected chi connectivity index (χ4v) is 4.90. The number of fused-ring (bicyclic) bond motifs is 1. The second kappa shape index (κ2) is 5.57. The minimum absolute atomic E-state index is 0.0764. The monoisotopic (exact) mass is 323 g/mol. The van der Waals surface area contributed by atoms with Crippen molar-refractivity contribution in [2.45, 2.75) is 18.0 Å². The number of rotatable bonds is 5. The Kier molecular flexibility index (Phi) is 3.77. The van der Waals surface area contributed by atoms with E-state index in [1.54, 1.807) is 12.1 Å². The molecule has 0 spiro atoms. The molecule has 1 aromatic carbocycles. The van der Waals surface area contributed by atoms with E-state index in [1.807, 2.05) is 18.2 Å². The van der Waals surface area contributed by atoms with Crippen molar-refractivity contribution < 1.29 is 12.9 Å². The predicted octanol–water partition coefficient (Wildman–Crippen LogP) is 1.83. The summed E-state index contributed by atoms with van der Waals surface area (Å²) in [5, 5.41) is 4.37. The number of hydrogen-bond acceptors (Lipinski definition) is 6. The van der Waals surface area contributed by atoms with Gasteiger partial charge in [0.15, 0.2) is 0 Å². The van der Waals surface area contributed by atoms with E-state index in [0.29, 0.717) is 16.0 Å². The van der Waals surface area contributed by atoms with E-state index in [1.165, 1.54) is 17.6 Å². The first-order valence-electron chi connectivity index (χ1n) is 6.21. The molecular formula is C13H13N3O3S2. The quantitative estimate of drug-likeness (QED) is 0.746. The van der Waals surface area contributed by atoms with Crippen LogP contribution in [0.5, 0.6) is 0 Å². The highest BCUT2D eigenvalue weighted by atomic mass is 32.2. The summed E-state index contributed by atoms with van der Waals surface area (Å²) in [6.07, 6.45) is 1.40. The van der Waals surface area contributed by atoms with E-state index >= 15 is 0 Å². The summed E-state index contributed by atoms with van der Waals surface area (Å²) in [6.45, 7) is 0.257. The molecular weight excluding hydrogens is 310 g/mol. The van der Waals surface area contributed by atoms with Gasteiger partial charge in [0.05, 0.1) is 12.2 Å². The SMILES string of the molecule is NCc1sc2ccccc2c1S(=O)(=O)NCc1ccon1. The highest BCUT2D eigenvalue weighted by Crippen LogP contribution is 2.34. The van der Waals surface area contributed by atoms with Gasteiger partial charge in [0, 0.05) is 27.6 Å². The molecule has 3 aromatic rings.